The number of benzene rings is 11. The maximum Gasteiger partial charge on any atom is 0.266 e. The monoisotopic (exact) mass is 1460 g/mol. The Morgan fingerprint density at radius 3 is 0.881 bits per heavy atom. The number of unbranched alkanes of at least 4 members (excludes halogenated alkanes) is 12. The van der Waals surface area contributed by atoms with Crippen molar-refractivity contribution in [3.63, 3.8) is 0 Å². The molecule has 11 aromatic rings. The zero-order valence-corrected chi connectivity index (χ0v) is 66.1. The number of amides is 3. The highest BCUT2D eigenvalue weighted by atomic mass is 16.5. The molecular formula is C96H108N2O11. The summed E-state index contributed by atoms with van der Waals surface area (Å²) < 4.78 is 57.8. The fourth-order valence-corrected chi connectivity index (χ4v) is 15.8. The van der Waals surface area contributed by atoms with E-state index < -0.39 is 11.8 Å². The summed E-state index contributed by atoms with van der Waals surface area (Å²) in [6, 6.07) is 50.8. The van der Waals surface area contributed by atoms with Crippen molar-refractivity contribution in [3.05, 3.63) is 202 Å². The molecule has 0 unspecified atom stereocenters. The van der Waals surface area contributed by atoms with Crippen LogP contribution < -0.4 is 47.7 Å². The Balaban J connectivity index is 1.23. The molecule has 0 aliphatic carbocycles. The minimum absolute atomic E-state index is 0.0460. The molecule has 3 amide bonds. The molecule has 0 fully saturated rings. The molecule has 2 heterocycles. The first kappa shape index (κ1) is 76.9. The number of carbonyl (C=O) groups excluding carboxylic acids is 3. The van der Waals surface area contributed by atoms with Crippen LogP contribution in [0.15, 0.2) is 158 Å². The van der Waals surface area contributed by atoms with E-state index in [1.807, 2.05) is 138 Å². The van der Waals surface area contributed by atoms with Gasteiger partial charge in [0.2, 0.25) is 0 Å². The maximum absolute atomic E-state index is 16.9. The highest BCUT2D eigenvalue weighted by Gasteiger charge is 2.43. The van der Waals surface area contributed by atoms with Crippen molar-refractivity contribution in [1.82, 2.24) is 0 Å². The van der Waals surface area contributed by atoms with Gasteiger partial charge in [-0.25, -0.2) is 4.90 Å². The topological polar surface area (TPSA) is 132 Å². The number of anilines is 2. The molecule has 11 aromatic carbocycles. The Bertz CT molecular complexity index is 4900. The van der Waals surface area contributed by atoms with Gasteiger partial charge in [0.1, 0.15) is 23.0 Å². The molecule has 568 valence electrons. The van der Waals surface area contributed by atoms with E-state index in [1.165, 1.54) is 4.90 Å². The predicted octanol–water partition coefficient (Wildman–Crippen LogP) is 27.2. The fraction of sp³-hybridized carbons (Fsp3) is 0.385. The summed E-state index contributed by atoms with van der Waals surface area (Å²) in [7, 11) is 0. The van der Waals surface area contributed by atoms with Crippen LogP contribution in [0, 0.1) is 0 Å². The molecule has 0 atom stereocenters. The Morgan fingerprint density at radius 1 is 0.284 bits per heavy atom. The van der Waals surface area contributed by atoms with Gasteiger partial charge in [-0.3, -0.25) is 14.4 Å². The Kier molecular flexibility index (Phi) is 24.7. The van der Waals surface area contributed by atoms with Gasteiger partial charge < -0.3 is 42.8 Å². The highest BCUT2D eigenvalue weighted by Crippen LogP contribution is 2.60. The summed E-state index contributed by atoms with van der Waals surface area (Å²) in [4.78, 5) is 54.1. The van der Waals surface area contributed by atoms with Crippen molar-refractivity contribution >= 4 is 72.2 Å². The standard InChI is InChI=1S/C96H108N2O11/c1-13-17-21-33-51-102-72-43-25-29-47-76(72)106-80-55-64-59-97(92-65(60(5)6)39-37-40-66(92)61(7)8)94(99)69-56-81(107-77-48-30-26-44-73(77)103-52-34-22-18-14-2)87-89-83(109-79-50-32-28-46-75(79)105-54-36-24-20-16-4)58-71-85-70(95(100)98(96(71)101)93-67(62(9)10)41-38-42-68(93)63(11)12)57-82(88(91(85)89)86(80)90(87)84(64)69)108-78-49-31-27-45-74(78)104-53-35-23-19-15-3/h25-32,37-50,55-58,60-63H,13-24,33-36,51-54,59H2,1-12H3. The first-order valence-electron chi connectivity index (χ1n) is 40.5. The van der Waals surface area contributed by atoms with Gasteiger partial charge in [0.25, 0.3) is 17.7 Å². The number of fused-ring (bicyclic) bond motifs is 2. The van der Waals surface area contributed by atoms with Crippen molar-refractivity contribution in [2.75, 3.05) is 36.2 Å². The maximum atomic E-state index is 16.9. The molecule has 0 saturated carbocycles. The second kappa shape index (κ2) is 35.0. The van der Waals surface area contributed by atoms with Crippen molar-refractivity contribution in [2.45, 2.75) is 216 Å². The largest absolute Gasteiger partial charge is 0.490 e. The smallest absolute Gasteiger partial charge is 0.266 e. The fourth-order valence-electron chi connectivity index (χ4n) is 15.8. The van der Waals surface area contributed by atoms with Crippen molar-refractivity contribution < 1.29 is 52.3 Å². The van der Waals surface area contributed by atoms with E-state index in [0.717, 1.165) is 136 Å². The van der Waals surface area contributed by atoms with Gasteiger partial charge in [0, 0.05) is 43.1 Å². The van der Waals surface area contributed by atoms with Crippen LogP contribution in [-0.4, -0.2) is 44.1 Å². The summed E-state index contributed by atoms with van der Waals surface area (Å²) in [5.41, 5.74) is 6.80. The van der Waals surface area contributed by atoms with E-state index in [-0.39, 0.29) is 64.5 Å². The predicted molar refractivity (Wildman–Crippen MR) is 443 cm³/mol. The number of carbonyl (C=O) groups is 3. The molecule has 0 N–H and O–H groups in total. The number of hydrogen-bond donors (Lipinski definition) is 0. The molecule has 0 saturated heterocycles. The lowest BCUT2D eigenvalue weighted by Crippen LogP contribution is -2.42. The Labute approximate surface area is 644 Å². The van der Waals surface area contributed by atoms with Gasteiger partial charge in [-0.05, 0) is 150 Å². The first-order chi connectivity index (χ1) is 53.1. The van der Waals surface area contributed by atoms with E-state index in [0.29, 0.717) is 133 Å². The van der Waals surface area contributed by atoms with Gasteiger partial charge in [0.05, 0.1) is 61.0 Å². The van der Waals surface area contributed by atoms with Crippen molar-refractivity contribution in [3.8, 4) is 69.0 Å². The van der Waals surface area contributed by atoms with E-state index in [2.05, 4.69) is 107 Å². The third-order valence-electron chi connectivity index (χ3n) is 21.4. The van der Waals surface area contributed by atoms with E-state index in [4.69, 9.17) is 37.9 Å². The van der Waals surface area contributed by atoms with Crippen molar-refractivity contribution in [1.29, 1.82) is 0 Å². The Morgan fingerprint density at radius 2 is 0.569 bits per heavy atom. The molecule has 0 aromatic heterocycles. The third kappa shape index (κ3) is 15.8. The molecular weight excluding hydrogens is 1360 g/mol. The summed E-state index contributed by atoms with van der Waals surface area (Å²) in [6.07, 6.45) is 15.9. The average Bonchev–Trinajstić information content (AvgIpc) is 0.671. The minimum Gasteiger partial charge on any atom is -0.490 e. The molecule has 2 aliphatic rings. The van der Waals surface area contributed by atoms with Gasteiger partial charge in [-0.2, -0.15) is 0 Å². The SMILES string of the molecule is CCCCCCOc1ccccc1Oc1cc2c3c(cc(Oc4ccccc4OCCCCCC)c4c5c(Oc6ccccc6OCCCCCC)cc6c7c(cc(Oc8ccccc8OCCCCCC)c(c1c34)c75)C(=O)N(c1c(C(C)C)cccc1C(C)C)C6=O)C(=O)N(c1c(C(C)C)cccc1C(C)C)C2. The zero-order chi connectivity index (χ0) is 76.4. The van der Waals surface area contributed by atoms with Crippen LogP contribution in [0.4, 0.5) is 11.4 Å². The first-order valence-corrected chi connectivity index (χ1v) is 40.5. The number of rotatable bonds is 38. The van der Waals surface area contributed by atoms with Crippen molar-refractivity contribution in [2.24, 2.45) is 0 Å². The molecule has 0 spiro atoms. The number of imide groups is 1. The quantitative estimate of drug-likeness (QED) is 0.0159. The van der Waals surface area contributed by atoms with Crippen LogP contribution in [0.25, 0.3) is 43.1 Å². The number of ether oxygens (including phenoxy) is 8. The Hall–Kier alpha value is -10.3. The zero-order valence-electron chi connectivity index (χ0n) is 66.1. The summed E-state index contributed by atoms with van der Waals surface area (Å²) in [5, 5.41) is 4.09. The molecule has 2 aliphatic heterocycles. The number of hydrogen-bond acceptors (Lipinski definition) is 11. The van der Waals surface area contributed by atoms with Gasteiger partial charge in [-0.1, -0.05) is 245 Å². The van der Waals surface area contributed by atoms with Gasteiger partial charge in [-0.15, -0.1) is 0 Å². The molecule has 0 radical (unpaired) electrons. The van der Waals surface area contributed by atoms with E-state index >= 15 is 14.4 Å². The van der Waals surface area contributed by atoms with Crippen LogP contribution in [0.3, 0.4) is 0 Å². The van der Waals surface area contributed by atoms with Crippen LogP contribution in [0.1, 0.15) is 268 Å². The molecule has 13 nitrogen and oxygen atoms in total. The van der Waals surface area contributed by atoms with E-state index in [9.17, 15) is 0 Å². The van der Waals surface area contributed by atoms with E-state index in [1.54, 1.807) is 0 Å². The van der Waals surface area contributed by atoms with Gasteiger partial charge >= 0.3 is 0 Å². The number of nitrogens with zero attached hydrogens (tertiary/aromatic N) is 2. The van der Waals surface area contributed by atoms with Crippen LogP contribution >= 0.6 is 0 Å². The number of para-hydroxylation sites is 10. The second-order valence-corrected chi connectivity index (χ2v) is 30.7. The summed E-state index contributed by atoms with van der Waals surface area (Å²) >= 11 is 0. The van der Waals surface area contributed by atoms with Crippen LogP contribution in [-0.2, 0) is 6.54 Å². The molecule has 13 heteroatoms. The van der Waals surface area contributed by atoms with Gasteiger partial charge in [0.15, 0.2) is 46.0 Å². The lowest BCUT2D eigenvalue weighted by atomic mass is 9.80. The average molecular weight is 1470 g/mol. The third-order valence-corrected chi connectivity index (χ3v) is 21.4. The lowest BCUT2D eigenvalue weighted by Gasteiger charge is -2.36. The normalized spacial score (nSPS) is 12.9. The van der Waals surface area contributed by atoms with Crippen LogP contribution in [0.5, 0.6) is 69.0 Å². The summed E-state index contributed by atoms with van der Waals surface area (Å²) in [6.45, 7) is 27.8. The molecule has 13 rings (SSSR count). The minimum atomic E-state index is -0.530. The second-order valence-electron chi connectivity index (χ2n) is 30.7. The highest BCUT2D eigenvalue weighted by molar-refractivity contribution is 6.46. The van der Waals surface area contributed by atoms with Crippen LogP contribution in [0.2, 0.25) is 0 Å². The lowest BCUT2D eigenvalue weighted by molar-refractivity contribution is 0.0891. The molecule has 109 heavy (non-hydrogen) atoms. The molecule has 0 bridgehead atoms. The summed E-state index contributed by atoms with van der Waals surface area (Å²) in [5.74, 6) is 3.53.